The van der Waals surface area contributed by atoms with Gasteiger partial charge in [0.2, 0.25) is 0 Å². The van der Waals surface area contributed by atoms with E-state index in [0.29, 0.717) is 36.4 Å². The van der Waals surface area contributed by atoms with Crippen molar-refractivity contribution >= 4 is 0 Å². The van der Waals surface area contributed by atoms with Crippen LogP contribution in [0.1, 0.15) is 29.5 Å². The topological polar surface area (TPSA) is 83.4 Å². The highest BCUT2D eigenvalue weighted by Gasteiger charge is 2.26. The number of hydrogen-bond donors (Lipinski definition) is 0. The monoisotopic (exact) mass is 265 g/mol. The fraction of sp³-hybridized carbons (Fsp3) is 0.583. The maximum Gasteiger partial charge on any atom is 0.280 e. The van der Waals surface area contributed by atoms with E-state index in [4.69, 9.17) is 18.5 Å². The molecule has 0 radical (unpaired) electrons. The fourth-order valence-corrected chi connectivity index (χ4v) is 2.11. The number of aromatic nitrogens is 3. The Morgan fingerprint density at radius 2 is 2.21 bits per heavy atom. The van der Waals surface area contributed by atoms with Crippen molar-refractivity contribution in [3.8, 4) is 11.6 Å². The molecule has 3 heterocycles. The number of methoxy groups -OCH3 is 1. The Hall–Kier alpha value is -1.73. The van der Waals surface area contributed by atoms with Crippen molar-refractivity contribution in [2.24, 2.45) is 0 Å². The number of nitrogens with zero attached hydrogens (tertiary/aromatic N) is 3. The minimum Gasteiger partial charge on any atom is -0.381 e. The van der Waals surface area contributed by atoms with Crippen LogP contribution in [-0.2, 0) is 16.1 Å². The third-order valence-electron chi connectivity index (χ3n) is 3.21. The normalized spacial score (nSPS) is 19.2. The first-order chi connectivity index (χ1) is 9.29. The summed E-state index contributed by atoms with van der Waals surface area (Å²) in [6.45, 7) is 3.61. The number of aryl methyl sites for hydroxylation is 1. The zero-order valence-corrected chi connectivity index (χ0v) is 10.9. The van der Waals surface area contributed by atoms with Gasteiger partial charge in [0.1, 0.15) is 5.76 Å². The Morgan fingerprint density at radius 3 is 2.95 bits per heavy atom. The third kappa shape index (κ3) is 2.26. The van der Waals surface area contributed by atoms with Crippen LogP contribution in [0.3, 0.4) is 0 Å². The van der Waals surface area contributed by atoms with Crippen LogP contribution in [0.25, 0.3) is 11.6 Å². The molecule has 19 heavy (non-hydrogen) atoms. The molecule has 0 saturated carbocycles. The molecule has 1 atom stereocenters. The maximum absolute atomic E-state index is 5.32. The summed E-state index contributed by atoms with van der Waals surface area (Å²) >= 11 is 0. The molecule has 1 aliphatic heterocycles. The lowest BCUT2D eigenvalue weighted by atomic mass is 10.1. The molecule has 1 saturated heterocycles. The van der Waals surface area contributed by atoms with Crippen LogP contribution in [-0.4, -0.2) is 35.6 Å². The van der Waals surface area contributed by atoms with E-state index >= 15 is 0 Å². The van der Waals surface area contributed by atoms with Gasteiger partial charge >= 0.3 is 0 Å². The van der Waals surface area contributed by atoms with Gasteiger partial charge in [-0.3, -0.25) is 0 Å². The van der Waals surface area contributed by atoms with Gasteiger partial charge in [0.15, 0.2) is 11.5 Å². The average Bonchev–Trinajstić information content (AvgIpc) is 3.10. The summed E-state index contributed by atoms with van der Waals surface area (Å²) in [5.74, 6) is 1.93. The summed E-state index contributed by atoms with van der Waals surface area (Å²) < 4.78 is 20.9. The van der Waals surface area contributed by atoms with Gasteiger partial charge in [-0.05, 0) is 13.3 Å². The molecule has 0 unspecified atom stereocenters. The summed E-state index contributed by atoms with van der Waals surface area (Å²) in [6, 6.07) is 0. The van der Waals surface area contributed by atoms with E-state index in [1.54, 1.807) is 7.11 Å². The van der Waals surface area contributed by atoms with E-state index < -0.39 is 0 Å². The van der Waals surface area contributed by atoms with E-state index in [-0.39, 0.29) is 5.92 Å². The molecule has 7 heteroatoms. The Labute approximate surface area is 109 Å². The summed E-state index contributed by atoms with van der Waals surface area (Å²) in [6.07, 6.45) is 0.918. The lowest BCUT2D eigenvalue weighted by molar-refractivity contribution is 0.183. The highest BCUT2D eigenvalue weighted by molar-refractivity contribution is 5.53. The van der Waals surface area contributed by atoms with Gasteiger partial charge in [-0.25, -0.2) is 0 Å². The van der Waals surface area contributed by atoms with Crippen molar-refractivity contribution < 1.29 is 18.5 Å². The van der Waals surface area contributed by atoms with Crippen LogP contribution >= 0.6 is 0 Å². The molecule has 3 rings (SSSR count). The Kier molecular flexibility index (Phi) is 3.31. The molecular weight excluding hydrogens is 250 g/mol. The summed E-state index contributed by atoms with van der Waals surface area (Å²) in [5, 5.41) is 7.96. The van der Waals surface area contributed by atoms with Gasteiger partial charge < -0.3 is 18.5 Å². The van der Waals surface area contributed by atoms with Crippen LogP contribution in [0.2, 0.25) is 0 Å². The van der Waals surface area contributed by atoms with Crippen molar-refractivity contribution in [1.82, 2.24) is 15.3 Å². The first-order valence-electron chi connectivity index (χ1n) is 6.15. The molecule has 0 aromatic carbocycles. The van der Waals surface area contributed by atoms with Crippen molar-refractivity contribution in [1.29, 1.82) is 0 Å². The lowest BCUT2D eigenvalue weighted by Gasteiger charge is -1.98. The Balaban J connectivity index is 1.89. The summed E-state index contributed by atoms with van der Waals surface area (Å²) in [7, 11) is 1.62. The predicted octanol–water partition coefficient (Wildman–Crippen LogP) is 1.68. The van der Waals surface area contributed by atoms with Gasteiger partial charge in [0.25, 0.3) is 5.89 Å². The molecule has 7 nitrogen and oxygen atoms in total. The molecule has 0 bridgehead atoms. The van der Waals surface area contributed by atoms with Gasteiger partial charge in [-0.2, -0.15) is 4.98 Å². The minimum atomic E-state index is 0.205. The van der Waals surface area contributed by atoms with E-state index in [9.17, 15) is 0 Å². The SMILES string of the molecule is COCc1c(-c2nc([C@@H]3CCOC3)no2)noc1C. The lowest BCUT2D eigenvalue weighted by Crippen LogP contribution is -1.99. The quantitative estimate of drug-likeness (QED) is 0.831. The first-order valence-corrected chi connectivity index (χ1v) is 6.15. The van der Waals surface area contributed by atoms with E-state index in [0.717, 1.165) is 18.6 Å². The van der Waals surface area contributed by atoms with Crippen molar-refractivity contribution in [2.75, 3.05) is 20.3 Å². The summed E-state index contributed by atoms with van der Waals surface area (Å²) in [5.41, 5.74) is 1.39. The fourth-order valence-electron chi connectivity index (χ4n) is 2.11. The molecular formula is C12H15N3O4. The van der Waals surface area contributed by atoms with Crippen molar-refractivity contribution in [3.05, 3.63) is 17.1 Å². The van der Waals surface area contributed by atoms with Crippen LogP contribution in [0.15, 0.2) is 9.05 Å². The largest absolute Gasteiger partial charge is 0.381 e. The molecule has 0 aliphatic carbocycles. The molecule has 1 aliphatic rings. The predicted molar refractivity (Wildman–Crippen MR) is 63.4 cm³/mol. The van der Waals surface area contributed by atoms with Crippen molar-refractivity contribution in [2.45, 2.75) is 25.9 Å². The minimum absolute atomic E-state index is 0.205. The second-order valence-electron chi connectivity index (χ2n) is 4.52. The highest BCUT2D eigenvalue weighted by Crippen LogP contribution is 2.28. The molecule has 1 fully saturated rings. The molecule has 0 spiro atoms. The maximum atomic E-state index is 5.32. The standard InChI is InChI=1S/C12H15N3O4/c1-7-9(6-16-2)10(14-18-7)12-13-11(15-19-12)8-3-4-17-5-8/h8H,3-6H2,1-2H3/t8-/m1/s1. The van der Waals surface area contributed by atoms with E-state index in [2.05, 4.69) is 15.3 Å². The highest BCUT2D eigenvalue weighted by atomic mass is 16.5. The van der Waals surface area contributed by atoms with E-state index in [1.165, 1.54) is 0 Å². The number of rotatable bonds is 4. The third-order valence-corrected chi connectivity index (χ3v) is 3.21. The van der Waals surface area contributed by atoms with Gasteiger partial charge in [0, 0.05) is 19.6 Å². The van der Waals surface area contributed by atoms with Crippen LogP contribution in [0.5, 0.6) is 0 Å². The zero-order valence-electron chi connectivity index (χ0n) is 10.9. The smallest absolute Gasteiger partial charge is 0.280 e. The second-order valence-corrected chi connectivity index (χ2v) is 4.52. The second kappa shape index (κ2) is 5.10. The number of hydrogen-bond acceptors (Lipinski definition) is 7. The van der Waals surface area contributed by atoms with Gasteiger partial charge in [-0.15, -0.1) is 0 Å². The zero-order chi connectivity index (χ0) is 13.2. The average molecular weight is 265 g/mol. The van der Waals surface area contributed by atoms with Gasteiger partial charge in [-0.1, -0.05) is 10.3 Å². The molecule has 0 amide bonds. The van der Waals surface area contributed by atoms with Crippen LogP contribution in [0.4, 0.5) is 0 Å². The Bertz CT molecular complexity index is 557. The van der Waals surface area contributed by atoms with Crippen LogP contribution in [0, 0.1) is 6.92 Å². The first kappa shape index (κ1) is 12.3. The number of ether oxygens (including phenoxy) is 2. The van der Waals surface area contributed by atoms with Crippen LogP contribution < -0.4 is 0 Å². The molecule has 2 aromatic rings. The summed E-state index contributed by atoms with van der Waals surface area (Å²) in [4.78, 5) is 4.38. The van der Waals surface area contributed by atoms with Crippen molar-refractivity contribution in [3.63, 3.8) is 0 Å². The Morgan fingerprint density at radius 1 is 1.32 bits per heavy atom. The molecule has 0 N–H and O–H groups in total. The van der Waals surface area contributed by atoms with E-state index in [1.807, 2.05) is 6.92 Å². The molecule has 2 aromatic heterocycles. The van der Waals surface area contributed by atoms with Gasteiger partial charge in [0.05, 0.1) is 18.8 Å². The molecule has 102 valence electrons.